The SMILES string of the molecule is C1=CCC(C2CCCC=N2)C=C1. The Bertz CT molecular complexity index is 225. The summed E-state index contributed by atoms with van der Waals surface area (Å²) >= 11 is 0. The van der Waals surface area contributed by atoms with Gasteiger partial charge in [-0.15, -0.1) is 0 Å². The second-order valence-electron chi connectivity index (χ2n) is 3.54. The molecule has 2 unspecified atom stereocenters. The molecule has 2 atom stereocenters. The van der Waals surface area contributed by atoms with E-state index in [0.29, 0.717) is 12.0 Å². The molecule has 0 aromatic heterocycles. The van der Waals surface area contributed by atoms with Crippen molar-refractivity contribution in [1.29, 1.82) is 0 Å². The Morgan fingerprint density at radius 2 is 2.25 bits per heavy atom. The highest BCUT2D eigenvalue weighted by Gasteiger charge is 2.18. The summed E-state index contributed by atoms with van der Waals surface area (Å²) in [6.07, 6.45) is 15.9. The summed E-state index contributed by atoms with van der Waals surface area (Å²) in [5, 5.41) is 0. The molecule has 1 aliphatic heterocycles. The van der Waals surface area contributed by atoms with Gasteiger partial charge in [0, 0.05) is 5.92 Å². The van der Waals surface area contributed by atoms with Crippen LogP contribution in [-0.2, 0) is 0 Å². The van der Waals surface area contributed by atoms with Crippen LogP contribution in [0.2, 0.25) is 0 Å². The van der Waals surface area contributed by atoms with E-state index in [0.717, 1.165) is 0 Å². The topological polar surface area (TPSA) is 12.4 Å². The Morgan fingerprint density at radius 3 is 2.92 bits per heavy atom. The van der Waals surface area contributed by atoms with Crippen LogP contribution in [0.15, 0.2) is 29.3 Å². The van der Waals surface area contributed by atoms with Crippen molar-refractivity contribution in [3.05, 3.63) is 24.3 Å². The molecule has 1 heterocycles. The van der Waals surface area contributed by atoms with Gasteiger partial charge in [0.15, 0.2) is 0 Å². The van der Waals surface area contributed by atoms with Crippen LogP contribution in [0.1, 0.15) is 25.7 Å². The van der Waals surface area contributed by atoms with Crippen molar-refractivity contribution in [3.63, 3.8) is 0 Å². The molecule has 0 aromatic rings. The Hall–Kier alpha value is -0.850. The number of rotatable bonds is 1. The van der Waals surface area contributed by atoms with Gasteiger partial charge in [-0.3, -0.25) is 4.99 Å². The first-order chi connectivity index (χ1) is 5.97. The van der Waals surface area contributed by atoms with E-state index >= 15 is 0 Å². The van der Waals surface area contributed by atoms with Crippen molar-refractivity contribution in [3.8, 4) is 0 Å². The number of nitrogens with zero attached hydrogens (tertiary/aromatic N) is 1. The van der Waals surface area contributed by atoms with Gasteiger partial charge in [-0.1, -0.05) is 24.3 Å². The summed E-state index contributed by atoms with van der Waals surface area (Å²) in [5.74, 6) is 0.673. The van der Waals surface area contributed by atoms with Gasteiger partial charge in [0.05, 0.1) is 6.04 Å². The smallest absolute Gasteiger partial charge is 0.0561 e. The van der Waals surface area contributed by atoms with Crippen LogP contribution in [-0.4, -0.2) is 12.3 Å². The standard InChI is InChI=1S/C11H15N/c1-2-6-10(7-3-1)11-8-4-5-9-12-11/h1-3,6,9-11H,4-5,7-8H2. The van der Waals surface area contributed by atoms with E-state index in [1.54, 1.807) is 0 Å². The average Bonchev–Trinajstić information content (AvgIpc) is 2.21. The van der Waals surface area contributed by atoms with Gasteiger partial charge in [-0.25, -0.2) is 0 Å². The number of hydrogen-bond donors (Lipinski definition) is 0. The van der Waals surface area contributed by atoms with E-state index in [9.17, 15) is 0 Å². The molecule has 2 rings (SSSR count). The minimum absolute atomic E-state index is 0.569. The monoisotopic (exact) mass is 161 g/mol. The third-order valence-corrected chi connectivity index (χ3v) is 2.64. The van der Waals surface area contributed by atoms with Crippen molar-refractivity contribution >= 4 is 6.21 Å². The van der Waals surface area contributed by atoms with Crippen molar-refractivity contribution in [2.24, 2.45) is 10.9 Å². The van der Waals surface area contributed by atoms with Crippen LogP contribution in [0.3, 0.4) is 0 Å². The summed E-state index contributed by atoms with van der Waals surface area (Å²) in [5.41, 5.74) is 0. The lowest BCUT2D eigenvalue weighted by molar-refractivity contribution is 0.455. The quantitative estimate of drug-likeness (QED) is 0.560. The number of hydrogen-bond acceptors (Lipinski definition) is 1. The molecule has 0 fully saturated rings. The maximum Gasteiger partial charge on any atom is 0.0561 e. The Balaban J connectivity index is 1.99. The first-order valence-corrected chi connectivity index (χ1v) is 4.82. The molecule has 0 radical (unpaired) electrons. The first kappa shape index (κ1) is 7.78. The zero-order valence-electron chi connectivity index (χ0n) is 7.32. The van der Waals surface area contributed by atoms with Crippen LogP contribution < -0.4 is 0 Å². The molecule has 0 saturated heterocycles. The number of allylic oxidation sites excluding steroid dienone is 3. The van der Waals surface area contributed by atoms with E-state index in [1.807, 2.05) is 0 Å². The lowest BCUT2D eigenvalue weighted by Crippen LogP contribution is -2.19. The molecule has 0 spiro atoms. The minimum atomic E-state index is 0.569. The van der Waals surface area contributed by atoms with Crippen molar-refractivity contribution in [2.45, 2.75) is 31.7 Å². The highest BCUT2D eigenvalue weighted by molar-refractivity contribution is 5.58. The molecule has 1 aliphatic carbocycles. The maximum atomic E-state index is 4.54. The van der Waals surface area contributed by atoms with Crippen molar-refractivity contribution in [2.75, 3.05) is 0 Å². The highest BCUT2D eigenvalue weighted by atomic mass is 14.8. The molecule has 2 aliphatic rings. The van der Waals surface area contributed by atoms with E-state index < -0.39 is 0 Å². The fourth-order valence-corrected chi connectivity index (χ4v) is 1.91. The van der Waals surface area contributed by atoms with Crippen molar-refractivity contribution in [1.82, 2.24) is 0 Å². The summed E-state index contributed by atoms with van der Waals surface area (Å²) in [4.78, 5) is 4.54. The van der Waals surface area contributed by atoms with Gasteiger partial charge in [0.25, 0.3) is 0 Å². The molecule has 1 nitrogen and oxygen atoms in total. The van der Waals surface area contributed by atoms with Gasteiger partial charge in [-0.2, -0.15) is 0 Å². The van der Waals surface area contributed by atoms with Crippen LogP contribution in [0.4, 0.5) is 0 Å². The summed E-state index contributed by atoms with van der Waals surface area (Å²) < 4.78 is 0. The second kappa shape index (κ2) is 3.70. The summed E-state index contributed by atoms with van der Waals surface area (Å²) in [7, 11) is 0. The molecular formula is C11H15N. The predicted molar refractivity (Wildman–Crippen MR) is 52.5 cm³/mol. The molecule has 0 bridgehead atoms. The molecule has 1 heteroatoms. The third-order valence-electron chi connectivity index (χ3n) is 2.64. The highest BCUT2D eigenvalue weighted by Crippen LogP contribution is 2.24. The lowest BCUT2D eigenvalue weighted by atomic mass is 9.89. The fourth-order valence-electron chi connectivity index (χ4n) is 1.91. The Labute approximate surface area is 73.9 Å². The second-order valence-corrected chi connectivity index (χ2v) is 3.54. The average molecular weight is 161 g/mol. The zero-order chi connectivity index (χ0) is 8.23. The van der Waals surface area contributed by atoms with Crippen molar-refractivity contribution < 1.29 is 0 Å². The summed E-state index contributed by atoms with van der Waals surface area (Å²) in [6.45, 7) is 0. The van der Waals surface area contributed by atoms with Crippen LogP contribution in [0.25, 0.3) is 0 Å². The van der Waals surface area contributed by atoms with Gasteiger partial charge >= 0.3 is 0 Å². The molecule has 0 saturated carbocycles. The van der Waals surface area contributed by atoms with E-state index in [4.69, 9.17) is 0 Å². The van der Waals surface area contributed by atoms with E-state index in [-0.39, 0.29) is 0 Å². The van der Waals surface area contributed by atoms with Gasteiger partial charge in [-0.05, 0) is 31.9 Å². The molecule has 0 amide bonds. The fraction of sp³-hybridized carbons (Fsp3) is 0.545. The van der Waals surface area contributed by atoms with Crippen LogP contribution in [0.5, 0.6) is 0 Å². The third kappa shape index (κ3) is 1.66. The predicted octanol–water partition coefficient (Wildman–Crippen LogP) is 2.74. The minimum Gasteiger partial charge on any atom is -0.294 e. The molecule has 64 valence electrons. The lowest BCUT2D eigenvalue weighted by Gasteiger charge is -2.23. The van der Waals surface area contributed by atoms with Gasteiger partial charge in [0.2, 0.25) is 0 Å². The summed E-state index contributed by atoms with van der Waals surface area (Å²) in [6, 6.07) is 0.569. The Kier molecular flexibility index (Phi) is 2.40. The van der Waals surface area contributed by atoms with Gasteiger partial charge < -0.3 is 0 Å². The largest absolute Gasteiger partial charge is 0.294 e. The van der Waals surface area contributed by atoms with Crippen LogP contribution in [0, 0.1) is 5.92 Å². The molecule has 0 aromatic carbocycles. The van der Waals surface area contributed by atoms with E-state index in [2.05, 4.69) is 35.5 Å². The maximum absolute atomic E-state index is 4.54. The number of aliphatic imine (C=N–C) groups is 1. The molecular weight excluding hydrogens is 146 g/mol. The first-order valence-electron chi connectivity index (χ1n) is 4.82. The molecule has 0 N–H and O–H groups in total. The normalized spacial score (nSPS) is 34.0. The molecule has 12 heavy (non-hydrogen) atoms. The van der Waals surface area contributed by atoms with Crippen LogP contribution >= 0.6 is 0 Å². The zero-order valence-corrected chi connectivity index (χ0v) is 7.32. The van der Waals surface area contributed by atoms with E-state index in [1.165, 1.54) is 25.7 Å². The Morgan fingerprint density at radius 1 is 1.25 bits per heavy atom. The van der Waals surface area contributed by atoms with Gasteiger partial charge in [0.1, 0.15) is 0 Å².